The molecule has 0 aliphatic rings. The van der Waals surface area contributed by atoms with Gasteiger partial charge in [0.05, 0.1) is 11.9 Å². The van der Waals surface area contributed by atoms with Crippen LogP contribution in [-0.2, 0) is 0 Å². The van der Waals surface area contributed by atoms with Crippen molar-refractivity contribution in [2.75, 3.05) is 26.7 Å². The lowest BCUT2D eigenvalue weighted by Gasteiger charge is -2.13. The summed E-state index contributed by atoms with van der Waals surface area (Å²) in [5.74, 6) is -0.169. The molecule has 0 radical (unpaired) electrons. The quantitative estimate of drug-likeness (QED) is 0.786. The summed E-state index contributed by atoms with van der Waals surface area (Å²) in [5, 5.41) is 2.80. The van der Waals surface area contributed by atoms with E-state index in [-0.39, 0.29) is 5.91 Å². The molecule has 1 heterocycles. The van der Waals surface area contributed by atoms with Gasteiger partial charge in [-0.1, -0.05) is 6.92 Å². The third-order valence-electron chi connectivity index (χ3n) is 2.33. The van der Waals surface area contributed by atoms with Crippen LogP contribution in [0.1, 0.15) is 23.1 Å². The van der Waals surface area contributed by atoms with Gasteiger partial charge >= 0.3 is 0 Å². The van der Waals surface area contributed by atoms with Gasteiger partial charge in [-0.3, -0.25) is 9.78 Å². The highest BCUT2D eigenvalue weighted by atomic mass is 16.1. The first-order valence-corrected chi connectivity index (χ1v) is 5.39. The van der Waals surface area contributed by atoms with E-state index in [2.05, 4.69) is 27.1 Å². The molecule has 0 aliphatic carbocycles. The summed E-state index contributed by atoms with van der Waals surface area (Å²) < 4.78 is 0. The minimum Gasteiger partial charge on any atom is -0.349 e. The van der Waals surface area contributed by atoms with E-state index in [4.69, 9.17) is 0 Å². The van der Waals surface area contributed by atoms with Crippen LogP contribution in [0.3, 0.4) is 0 Å². The topological polar surface area (TPSA) is 58.1 Å². The Balaban J connectivity index is 2.38. The van der Waals surface area contributed by atoms with Crippen LogP contribution in [0.4, 0.5) is 0 Å². The van der Waals surface area contributed by atoms with E-state index in [1.54, 1.807) is 6.20 Å². The Morgan fingerprint density at radius 3 is 2.75 bits per heavy atom. The maximum absolute atomic E-state index is 11.6. The normalized spacial score (nSPS) is 10.5. The molecule has 0 bridgehead atoms. The molecular formula is C11H18N4O. The van der Waals surface area contributed by atoms with Crippen molar-refractivity contribution in [3.8, 4) is 0 Å². The summed E-state index contributed by atoms with van der Waals surface area (Å²) in [6, 6.07) is 0. The molecule has 5 heteroatoms. The van der Waals surface area contributed by atoms with Crippen LogP contribution in [0.5, 0.6) is 0 Å². The van der Waals surface area contributed by atoms with Crippen LogP contribution in [0.2, 0.25) is 0 Å². The Morgan fingerprint density at radius 2 is 2.19 bits per heavy atom. The molecule has 16 heavy (non-hydrogen) atoms. The van der Waals surface area contributed by atoms with E-state index in [1.165, 1.54) is 6.20 Å². The van der Waals surface area contributed by atoms with Crippen LogP contribution in [-0.4, -0.2) is 47.5 Å². The molecule has 0 aromatic carbocycles. The highest BCUT2D eigenvalue weighted by Gasteiger charge is 2.06. The Hall–Kier alpha value is -1.49. The average Bonchev–Trinajstić information content (AvgIpc) is 2.29. The summed E-state index contributed by atoms with van der Waals surface area (Å²) in [7, 11) is 2.01. The summed E-state index contributed by atoms with van der Waals surface area (Å²) in [5.41, 5.74) is 1.17. The van der Waals surface area contributed by atoms with Crippen molar-refractivity contribution in [1.29, 1.82) is 0 Å². The minimum absolute atomic E-state index is 0.169. The molecule has 0 spiro atoms. The lowest BCUT2D eigenvalue weighted by atomic mass is 10.4. The van der Waals surface area contributed by atoms with E-state index in [0.717, 1.165) is 18.8 Å². The number of hydrogen-bond acceptors (Lipinski definition) is 4. The first kappa shape index (κ1) is 12.6. The van der Waals surface area contributed by atoms with Gasteiger partial charge in [0.25, 0.3) is 5.91 Å². The monoisotopic (exact) mass is 222 g/mol. The number of carbonyl (C=O) groups excluding carboxylic acids is 1. The van der Waals surface area contributed by atoms with Gasteiger partial charge < -0.3 is 10.2 Å². The number of nitrogens with zero attached hydrogens (tertiary/aromatic N) is 3. The molecule has 0 aliphatic heterocycles. The molecule has 0 saturated carbocycles. The van der Waals surface area contributed by atoms with Crippen LogP contribution < -0.4 is 5.32 Å². The van der Waals surface area contributed by atoms with Gasteiger partial charge in [0.15, 0.2) is 0 Å². The first-order chi connectivity index (χ1) is 7.63. The zero-order valence-corrected chi connectivity index (χ0v) is 10.0. The molecule has 1 rings (SSSR count). The van der Waals surface area contributed by atoms with Crippen molar-refractivity contribution >= 4 is 5.91 Å². The van der Waals surface area contributed by atoms with Gasteiger partial charge in [-0.05, 0) is 20.5 Å². The molecule has 1 aromatic heterocycles. The lowest BCUT2D eigenvalue weighted by molar-refractivity contribution is 0.0944. The third-order valence-corrected chi connectivity index (χ3v) is 2.33. The third kappa shape index (κ3) is 3.94. The van der Waals surface area contributed by atoms with Gasteiger partial charge in [-0.15, -0.1) is 0 Å². The van der Waals surface area contributed by atoms with Crippen molar-refractivity contribution in [3.63, 3.8) is 0 Å². The van der Waals surface area contributed by atoms with Crippen molar-refractivity contribution in [2.45, 2.75) is 13.8 Å². The van der Waals surface area contributed by atoms with Crippen LogP contribution >= 0.6 is 0 Å². The zero-order valence-electron chi connectivity index (χ0n) is 10.0. The molecule has 0 unspecified atom stereocenters. The van der Waals surface area contributed by atoms with Crippen molar-refractivity contribution in [3.05, 3.63) is 23.8 Å². The maximum atomic E-state index is 11.6. The Bertz CT molecular complexity index is 336. The Morgan fingerprint density at radius 1 is 1.44 bits per heavy atom. The van der Waals surface area contributed by atoms with E-state index in [0.29, 0.717) is 12.2 Å². The van der Waals surface area contributed by atoms with Crippen LogP contribution in [0.15, 0.2) is 12.4 Å². The van der Waals surface area contributed by atoms with E-state index in [9.17, 15) is 4.79 Å². The molecule has 1 N–H and O–H groups in total. The molecule has 88 valence electrons. The smallest absolute Gasteiger partial charge is 0.271 e. The van der Waals surface area contributed by atoms with Crippen molar-refractivity contribution in [2.24, 2.45) is 0 Å². The Labute approximate surface area is 95.9 Å². The van der Waals surface area contributed by atoms with Crippen molar-refractivity contribution in [1.82, 2.24) is 20.2 Å². The van der Waals surface area contributed by atoms with E-state index in [1.807, 2.05) is 14.0 Å². The number of hydrogen-bond donors (Lipinski definition) is 1. The fourth-order valence-corrected chi connectivity index (χ4v) is 1.12. The minimum atomic E-state index is -0.169. The number of rotatable bonds is 5. The first-order valence-electron chi connectivity index (χ1n) is 5.39. The number of carbonyl (C=O) groups is 1. The van der Waals surface area contributed by atoms with Crippen molar-refractivity contribution < 1.29 is 4.79 Å². The van der Waals surface area contributed by atoms with Gasteiger partial charge in [0, 0.05) is 19.3 Å². The molecule has 1 aromatic rings. The highest BCUT2D eigenvalue weighted by Crippen LogP contribution is 1.93. The molecular weight excluding hydrogens is 204 g/mol. The Kier molecular flexibility index (Phi) is 4.85. The summed E-state index contributed by atoms with van der Waals surface area (Å²) in [6.45, 7) is 6.35. The second kappa shape index (κ2) is 6.17. The summed E-state index contributed by atoms with van der Waals surface area (Å²) in [4.78, 5) is 21.8. The average molecular weight is 222 g/mol. The fourth-order valence-electron chi connectivity index (χ4n) is 1.12. The fraction of sp³-hybridized carbons (Fsp3) is 0.545. The van der Waals surface area contributed by atoms with Gasteiger partial charge in [0.2, 0.25) is 0 Å². The molecule has 5 nitrogen and oxygen atoms in total. The van der Waals surface area contributed by atoms with Gasteiger partial charge in [-0.2, -0.15) is 0 Å². The molecule has 0 fully saturated rings. The number of aryl methyl sites for hydroxylation is 1. The number of likely N-dealkylation sites (N-methyl/N-ethyl adjacent to an activating group) is 1. The second-order valence-electron chi connectivity index (χ2n) is 3.69. The summed E-state index contributed by atoms with van der Waals surface area (Å²) in [6.07, 6.45) is 3.08. The van der Waals surface area contributed by atoms with Gasteiger partial charge in [-0.25, -0.2) is 4.98 Å². The summed E-state index contributed by atoms with van der Waals surface area (Å²) >= 11 is 0. The molecule has 0 saturated heterocycles. The molecule has 0 atom stereocenters. The SMILES string of the molecule is CCN(C)CCNC(=O)c1cnc(C)cn1. The maximum Gasteiger partial charge on any atom is 0.271 e. The van der Waals surface area contributed by atoms with Crippen LogP contribution in [0.25, 0.3) is 0 Å². The number of amides is 1. The zero-order chi connectivity index (χ0) is 12.0. The lowest BCUT2D eigenvalue weighted by Crippen LogP contribution is -2.33. The van der Waals surface area contributed by atoms with E-state index >= 15 is 0 Å². The predicted molar refractivity (Wildman–Crippen MR) is 62.3 cm³/mol. The van der Waals surface area contributed by atoms with Gasteiger partial charge in [0.1, 0.15) is 5.69 Å². The largest absolute Gasteiger partial charge is 0.349 e. The molecule has 1 amide bonds. The number of aromatic nitrogens is 2. The second-order valence-corrected chi connectivity index (χ2v) is 3.69. The predicted octanol–water partition coefficient (Wildman–Crippen LogP) is 0.467. The standard InChI is InChI=1S/C11H18N4O/c1-4-15(3)6-5-12-11(16)10-8-13-9(2)7-14-10/h7-8H,4-6H2,1-3H3,(H,12,16). The van der Waals surface area contributed by atoms with Crippen LogP contribution in [0, 0.1) is 6.92 Å². The highest BCUT2D eigenvalue weighted by molar-refractivity contribution is 5.91. The van der Waals surface area contributed by atoms with E-state index < -0.39 is 0 Å². The number of nitrogens with one attached hydrogen (secondary N) is 1.